The molecular formula is C12H19ClN2S. The SMILES string of the molecule is CSc1ccccc1CN1CCC(N)C1.Cl. The molecule has 0 saturated carbocycles. The molecule has 1 aliphatic heterocycles. The second-order valence-corrected chi connectivity index (χ2v) is 4.94. The van der Waals surface area contributed by atoms with Crippen LogP contribution in [0, 0.1) is 0 Å². The molecule has 0 radical (unpaired) electrons. The van der Waals surface area contributed by atoms with Crippen LogP contribution in [-0.4, -0.2) is 30.3 Å². The van der Waals surface area contributed by atoms with Crippen molar-refractivity contribution in [2.24, 2.45) is 5.73 Å². The summed E-state index contributed by atoms with van der Waals surface area (Å²) in [6.45, 7) is 3.23. The highest BCUT2D eigenvalue weighted by Gasteiger charge is 2.19. The van der Waals surface area contributed by atoms with Gasteiger partial charge in [0, 0.05) is 30.6 Å². The molecule has 1 atom stereocenters. The zero-order valence-corrected chi connectivity index (χ0v) is 11.2. The Hall–Kier alpha value is -0.220. The number of thioether (sulfide) groups is 1. The van der Waals surface area contributed by atoms with Gasteiger partial charge in [-0.05, 0) is 24.3 Å². The number of rotatable bonds is 3. The van der Waals surface area contributed by atoms with Gasteiger partial charge in [0.25, 0.3) is 0 Å². The van der Waals surface area contributed by atoms with Gasteiger partial charge < -0.3 is 5.73 Å². The van der Waals surface area contributed by atoms with Crippen LogP contribution >= 0.6 is 24.2 Å². The molecule has 1 unspecified atom stereocenters. The van der Waals surface area contributed by atoms with Crippen molar-refractivity contribution in [2.75, 3.05) is 19.3 Å². The maximum absolute atomic E-state index is 5.90. The first-order valence-corrected chi connectivity index (χ1v) is 6.62. The zero-order valence-electron chi connectivity index (χ0n) is 9.56. The molecule has 16 heavy (non-hydrogen) atoms. The summed E-state index contributed by atoms with van der Waals surface area (Å²) in [7, 11) is 0. The summed E-state index contributed by atoms with van der Waals surface area (Å²) in [4.78, 5) is 3.83. The Morgan fingerprint density at radius 3 is 2.81 bits per heavy atom. The summed E-state index contributed by atoms with van der Waals surface area (Å²) in [6.07, 6.45) is 3.27. The molecule has 0 aromatic heterocycles. The van der Waals surface area contributed by atoms with Crippen LogP contribution in [0.4, 0.5) is 0 Å². The Morgan fingerprint density at radius 2 is 2.19 bits per heavy atom. The van der Waals surface area contributed by atoms with E-state index >= 15 is 0 Å². The second-order valence-electron chi connectivity index (χ2n) is 4.10. The summed E-state index contributed by atoms with van der Waals surface area (Å²) in [6, 6.07) is 9.01. The maximum atomic E-state index is 5.90. The van der Waals surface area contributed by atoms with E-state index in [0.29, 0.717) is 6.04 Å². The van der Waals surface area contributed by atoms with E-state index in [2.05, 4.69) is 35.4 Å². The summed E-state index contributed by atoms with van der Waals surface area (Å²) >= 11 is 1.82. The van der Waals surface area contributed by atoms with Gasteiger partial charge in [-0.15, -0.1) is 24.2 Å². The van der Waals surface area contributed by atoms with E-state index in [4.69, 9.17) is 5.73 Å². The van der Waals surface area contributed by atoms with E-state index in [1.54, 1.807) is 0 Å². The molecule has 0 amide bonds. The van der Waals surface area contributed by atoms with Gasteiger partial charge in [0.05, 0.1) is 0 Å². The molecule has 0 aliphatic carbocycles. The molecule has 1 aliphatic rings. The van der Waals surface area contributed by atoms with Crippen LogP contribution in [0.3, 0.4) is 0 Å². The third-order valence-corrected chi connectivity index (χ3v) is 3.73. The fourth-order valence-corrected chi connectivity index (χ4v) is 2.69. The van der Waals surface area contributed by atoms with Crippen LogP contribution in [0.1, 0.15) is 12.0 Å². The van der Waals surface area contributed by atoms with Gasteiger partial charge in [-0.25, -0.2) is 0 Å². The molecule has 4 heteroatoms. The van der Waals surface area contributed by atoms with Crippen LogP contribution in [0.25, 0.3) is 0 Å². The van der Waals surface area contributed by atoms with Crippen molar-refractivity contribution in [1.29, 1.82) is 0 Å². The molecule has 2 N–H and O–H groups in total. The highest BCUT2D eigenvalue weighted by atomic mass is 35.5. The minimum absolute atomic E-state index is 0. The molecule has 1 heterocycles. The molecule has 1 fully saturated rings. The van der Waals surface area contributed by atoms with Gasteiger partial charge in [-0.2, -0.15) is 0 Å². The maximum Gasteiger partial charge on any atom is 0.0245 e. The molecule has 0 bridgehead atoms. The average Bonchev–Trinajstić information content (AvgIpc) is 2.65. The number of likely N-dealkylation sites (tertiary alicyclic amines) is 1. The van der Waals surface area contributed by atoms with E-state index in [1.807, 2.05) is 11.8 Å². The first-order valence-electron chi connectivity index (χ1n) is 5.39. The standard InChI is InChI=1S/C12H18N2S.ClH/c1-15-12-5-3-2-4-10(12)8-14-7-6-11(13)9-14;/h2-5,11H,6-9,13H2,1H3;1H. The van der Waals surface area contributed by atoms with Gasteiger partial charge in [-0.3, -0.25) is 4.90 Å². The number of hydrogen-bond acceptors (Lipinski definition) is 3. The Balaban J connectivity index is 0.00000128. The summed E-state index contributed by atoms with van der Waals surface area (Å²) in [5.74, 6) is 0. The summed E-state index contributed by atoms with van der Waals surface area (Å²) in [5, 5.41) is 0. The number of benzene rings is 1. The third-order valence-electron chi connectivity index (χ3n) is 2.90. The quantitative estimate of drug-likeness (QED) is 0.844. The van der Waals surface area contributed by atoms with Crippen molar-refractivity contribution in [3.05, 3.63) is 29.8 Å². The van der Waals surface area contributed by atoms with E-state index in [-0.39, 0.29) is 12.4 Å². The zero-order chi connectivity index (χ0) is 10.7. The van der Waals surface area contributed by atoms with Gasteiger partial charge in [0.2, 0.25) is 0 Å². The summed E-state index contributed by atoms with van der Waals surface area (Å²) < 4.78 is 0. The highest BCUT2D eigenvalue weighted by Crippen LogP contribution is 2.22. The van der Waals surface area contributed by atoms with Crippen molar-refractivity contribution >= 4 is 24.2 Å². The molecule has 0 spiro atoms. The minimum atomic E-state index is 0. The Labute approximate surface area is 108 Å². The molecule has 1 aromatic rings. The van der Waals surface area contributed by atoms with Crippen LogP contribution in [-0.2, 0) is 6.54 Å². The Bertz CT molecular complexity index is 333. The van der Waals surface area contributed by atoms with E-state index < -0.39 is 0 Å². The van der Waals surface area contributed by atoms with Crippen LogP contribution in [0.2, 0.25) is 0 Å². The van der Waals surface area contributed by atoms with Crippen molar-refractivity contribution in [3.63, 3.8) is 0 Å². The first-order chi connectivity index (χ1) is 7.29. The molecule has 90 valence electrons. The Kier molecular flexibility index (Phi) is 5.62. The van der Waals surface area contributed by atoms with Crippen molar-refractivity contribution in [3.8, 4) is 0 Å². The predicted molar refractivity (Wildman–Crippen MR) is 73.3 cm³/mol. The van der Waals surface area contributed by atoms with Crippen molar-refractivity contribution in [1.82, 2.24) is 4.90 Å². The molecule has 1 saturated heterocycles. The molecule has 2 rings (SSSR count). The number of nitrogens with zero attached hydrogens (tertiary/aromatic N) is 1. The van der Waals surface area contributed by atoms with Gasteiger partial charge >= 0.3 is 0 Å². The highest BCUT2D eigenvalue weighted by molar-refractivity contribution is 7.98. The van der Waals surface area contributed by atoms with Gasteiger partial charge in [0.1, 0.15) is 0 Å². The lowest BCUT2D eigenvalue weighted by molar-refractivity contribution is 0.324. The second kappa shape index (κ2) is 6.50. The van der Waals surface area contributed by atoms with E-state index in [0.717, 1.165) is 26.1 Å². The van der Waals surface area contributed by atoms with Crippen LogP contribution in [0.15, 0.2) is 29.2 Å². The lowest BCUT2D eigenvalue weighted by Gasteiger charge is -2.16. The topological polar surface area (TPSA) is 29.3 Å². The number of halogens is 1. The first kappa shape index (κ1) is 13.8. The smallest absolute Gasteiger partial charge is 0.0245 e. The van der Waals surface area contributed by atoms with Gasteiger partial charge in [-0.1, -0.05) is 18.2 Å². The average molecular weight is 259 g/mol. The largest absolute Gasteiger partial charge is 0.326 e. The number of hydrogen-bond donors (Lipinski definition) is 1. The molecule has 1 aromatic carbocycles. The Morgan fingerprint density at radius 1 is 1.44 bits per heavy atom. The monoisotopic (exact) mass is 258 g/mol. The fraction of sp³-hybridized carbons (Fsp3) is 0.500. The minimum Gasteiger partial charge on any atom is -0.326 e. The van der Waals surface area contributed by atoms with Crippen molar-refractivity contribution in [2.45, 2.75) is 23.9 Å². The fourth-order valence-electron chi connectivity index (χ4n) is 2.08. The lowest BCUT2D eigenvalue weighted by atomic mass is 10.2. The van der Waals surface area contributed by atoms with Crippen LogP contribution < -0.4 is 5.73 Å². The van der Waals surface area contributed by atoms with E-state index in [9.17, 15) is 0 Å². The lowest BCUT2D eigenvalue weighted by Crippen LogP contribution is -2.26. The summed E-state index contributed by atoms with van der Waals surface area (Å²) in [5.41, 5.74) is 7.33. The van der Waals surface area contributed by atoms with E-state index in [1.165, 1.54) is 10.5 Å². The van der Waals surface area contributed by atoms with Crippen molar-refractivity contribution < 1.29 is 0 Å². The number of nitrogens with two attached hydrogens (primary N) is 1. The van der Waals surface area contributed by atoms with Gasteiger partial charge in [0.15, 0.2) is 0 Å². The van der Waals surface area contributed by atoms with Crippen LogP contribution in [0.5, 0.6) is 0 Å². The third kappa shape index (κ3) is 3.39. The predicted octanol–water partition coefficient (Wildman–Crippen LogP) is 2.36. The molecular weight excluding hydrogens is 240 g/mol. The normalized spacial score (nSPS) is 20.8. The molecule has 2 nitrogen and oxygen atoms in total.